The monoisotopic (exact) mass is 637 g/mol. The minimum atomic E-state index is -0.206. The van der Waals surface area contributed by atoms with Crippen LogP contribution in [0.1, 0.15) is 191 Å². The lowest BCUT2D eigenvalue weighted by molar-refractivity contribution is 0.118. The fourth-order valence-corrected chi connectivity index (χ4v) is 7.79. The summed E-state index contributed by atoms with van der Waals surface area (Å²) in [6, 6.07) is 12.5. The number of aliphatic hydroxyl groups is 2. The second kappa shape index (κ2) is 18.5. The van der Waals surface area contributed by atoms with Gasteiger partial charge in [-0.05, 0) is 108 Å². The lowest BCUT2D eigenvalue weighted by Gasteiger charge is -2.29. The smallest absolute Gasteiger partial charge is 0.119 e. The van der Waals surface area contributed by atoms with Gasteiger partial charge in [-0.3, -0.25) is 0 Å². The van der Waals surface area contributed by atoms with Crippen LogP contribution in [0.2, 0.25) is 0 Å². The van der Waals surface area contributed by atoms with Gasteiger partial charge in [-0.2, -0.15) is 0 Å². The normalized spacial score (nSPS) is 22.3. The van der Waals surface area contributed by atoms with E-state index in [1.807, 2.05) is 12.1 Å². The summed E-state index contributed by atoms with van der Waals surface area (Å²) in [5.41, 5.74) is 4.72. The van der Waals surface area contributed by atoms with Gasteiger partial charge in [-0.1, -0.05) is 130 Å². The zero-order valence-electron chi connectivity index (χ0n) is 30.3. The Bertz CT molecular complexity index is 1080. The van der Waals surface area contributed by atoms with Gasteiger partial charge >= 0.3 is 0 Å². The highest BCUT2D eigenvalue weighted by atomic mass is 16.3. The first-order chi connectivity index (χ1) is 21.9. The van der Waals surface area contributed by atoms with Gasteiger partial charge in [0, 0.05) is 0 Å². The molecule has 0 spiro atoms. The SMILES string of the molecule is CCCCCCC(C)(C)c1ccc(C2CCCC(O)C2)c(O)c1.CCCCCCC(C)(C)c1ccc(C2CCCC(O)C2)c(O)c1. The van der Waals surface area contributed by atoms with Crippen LogP contribution in [0.3, 0.4) is 0 Å². The minimum Gasteiger partial charge on any atom is -0.508 e. The number of benzene rings is 2. The molecule has 2 aromatic carbocycles. The Balaban J connectivity index is 0.000000250. The average Bonchev–Trinajstić information content (AvgIpc) is 3.01. The third-order valence-corrected chi connectivity index (χ3v) is 11.1. The Labute approximate surface area is 282 Å². The number of aliphatic hydroxyl groups excluding tert-OH is 2. The summed E-state index contributed by atoms with van der Waals surface area (Å²) in [4.78, 5) is 0. The summed E-state index contributed by atoms with van der Waals surface area (Å²) in [5, 5.41) is 40.8. The van der Waals surface area contributed by atoms with Crippen LogP contribution in [0.25, 0.3) is 0 Å². The molecule has 0 radical (unpaired) electrons. The van der Waals surface area contributed by atoms with E-state index in [1.165, 1.54) is 62.5 Å². The largest absolute Gasteiger partial charge is 0.508 e. The Morgan fingerprint density at radius 1 is 0.565 bits per heavy atom. The fraction of sp³-hybridized carbons (Fsp3) is 0.714. The number of phenolic OH excluding ortho intramolecular Hbond substituents is 2. The number of aromatic hydroxyl groups is 2. The summed E-state index contributed by atoms with van der Waals surface area (Å²) in [7, 11) is 0. The Morgan fingerprint density at radius 3 is 1.28 bits per heavy atom. The van der Waals surface area contributed by atoms with Crippen LogP contribution in [-0.4, -0.2) is 32.6 Å². The first-order valence-electron chi connectivity index (χ1n) is 18.9. The predicted molar refractivity (Wildman–Crippen MR) is 194 cm³/mol. The summed E-state index contributed by atoms with van der Waals surface area (Å²) < 4.78 is 0. The van der Waals surface area contributed by atoms with Crippen molar-refractivity contribution in [1.82, 2.24) is 0 Å². The Kier molecular flexibility index (Phi) is 15.4. The summed E-state index contributed by atoms with van der Waals surface area (Å²) >= 11 is 0. The third kappa shape index (κ3) is 11.6. The second-order valence-corrected chi connectivity index (χ2v) is 16.0. The van der Waals surface area contributed by atoms with Crippen LogP contribution in [-0.2, 0) is 10.8 Å². The molecule has 4 nitrogen and oxygen atoms in total. The molecule has 46 heavy (non-hydrogen) atoms. The van der Waals surface area contributed by atoms with Crippen molar-refractivity contribution in [3.8, 4) is 11.5 Å². The van der Waals surface area contributed by atoms with Crippen LogP contribution in [0.5, 0.6) is 11.5 Å². The zero-order chi connectivity index (χ0) is 33.7. The number of unbranched alkanes of at least 4 members (excludes halogenated alkanes) is 6. The quantitative estimate of drug-likeness (QED) is 0.156. The highest BCUT2D eigenvalue weighted by Gasteiger charge is 2.28. The molecule has 0 bridgehead atoms. The van der Waals surface area contributed by atoms with Crippen molar-refractivity contribution >= 4 is 0 Å². The minimum absolute atomic E-state index is 0.107. The molecule has 2 saturated carbocycles. The molecule has 4 heteroatoms. The van der Waals surface area contributed by atoms with Gasteiger partial charge in [-0.25, -0.2) is 0 Å². The number of hydrogen-bond donors (Lipinski definition) is 4. The van der Waals surface area contributed by atoms with Gasteiger partial charge in [-0.15, -0.1) is 0 Å². The van der Waals surface area contributed by atoms with Crippen LogP contribution >= 0.6 is 0 Å². The number of phenols is 2. The van der Waals surface area contributed by atoms with Gasteiger partial charge in [0.05, 0.1) is 12.2 Å². The molecule has 4 unspecified atom stereocenters. The maximum absolute atomic E-state index is 10.5. The van der Waals surface area contributed by atoms with Crippen molar-refractivity contribution < 1.29 is 20.4 Å². The molecule has 4 atom stereocenters. The van der Waals surface area contributed by atoms with E-state index in [-0.39, 0.29) is 23.0 Å². The van der Waals surface area contributed by atoms with E-state index < -0.39 is 0 Å². The summed E-state index contributed by atoms with van der Waals surface area (Å²) in [6.07, 6.45) is 19.8. The van der Waals surface area contributed by atoms with Crippen LogP contribution < -0.4 is 0 Å². The van der Waals surface area contributed by atoms with E-state index in [4.69, 9.17) is 0 Å². The average molecular weight is 637 g/mol. The molecule has 260 valence electrons. The summed E-state index contributed by atoms with van der Waals surface area (Å²) in [5.74, 6) is 1.45. The molecule has 0 heterocycles. The maximum Gasteiger partial charge on any atom is 0.119 e. The molecule has 2 aliphatic carbocycles. The molecule has 2 aliphatic rings. The lowest BCUT2D eigenvalue weighted by atomic mass is 9.77. The topological polar surface area (TPSA) is 80.9 Å². The highest BCUT2D eigenvalue weighted by molar-refractivity contribution is 5.42. The van der Waals surface area contributed by atoms with Crippen LogP contribution in [0, 0.1) is 0 Å². The molecular formula is C42H68O4. The van der Waals surface area contributed by atoms with E-state index in [2.05, 4.69) is 65.8 Å². The number of rotatable bonds is 14. The zero-order valence-corrected chi connectivity index (χ0v) is 30.3. The third-order valence-electron chi connectivity index (χ3n) is 11.1. The highest BCUT2D eigenvalue weighted by Crippen LogP contribution is 2.41. The van der Waals surface area contributed by atoms with E-state index in [1.54, 1.807) is 0 Å². The first kappa shape index (κ1) is 38.4. The predicted octanol–water partition coefficient (Wildman–Crippen LogP) is 11.3. The van der Waals surface area contributed by atoms with Crippen molar-refractivity contribution in [2.24, 2.45) is 0 Å². The van der Waals surface area contributed by atoms with Gasteiger partial charge in [0.1, 0.15) is 11.5 Å². The molecule has 0 aromatic heterocycles. The van der Waals surface area contributed by atoms with E-state index >= 15 is 0 Å². The Hall–Kier alpha value is -2.04. The molecule has 0 amide bonds. The van der Waals surface area contributed by atoms with E-state index in [9.17, 15) is 20.4 Å². The standard InChI is InChI=1S/2C21H34O2/c2*1-4-5-6-7-13-21(2,3)17-11-12-19(20(23)15-17)16-9-8-10-18(22)14-16/h2*11-12,15-16,18,22-23H,4-10,13-14H2,1-3H3. The van der Waals surface area contributed by atoms with Crippen molar-refractivity contribution in [3.05, 3.63) is 58.7 Å². The van der Waals surface area contributed by atoms with Crippen LogP contribution in [0.15, 0.2) is 36.4 Å². The maximum atomic E-state index is 10.5. The second-order valence-electron chi connectivity index (χ2n) is 16.0. The first-order valence-corrected chi connectivity index (χ1v) is 18.9. The molecular weight excluding hydrogens is 568 g/mol. The van der Waals surface area contributed by atoms with E-state index in [0.29, 0.717) is 23.3 Å². The van der Waals surface area contributed by atoms with Crippen molar-refractivity contribution in [3.63, 3.8) is 0 Å². The van der Waals surface area contributed by atoms with Crippen molar-refractivity contribution in [2.75, 3.05) is 0 Å². The van der Waals surface area contributed by atoms with Crippen LogP contribution in [0.4, 0.5) is 0 Å². The molecule has 2 aromatic rings. The Morgan fingerprint density at radius 2 is 0.957 bits per heavy atom. The molecule has 0 aliphatic heterocycles. The summed E-state index contributed by atoms with van der Waals surface area (Å²) in [6.45, 7) is 13.6. The molecule has 0 saturated heterocycles. The molecule has 2 fully saturated rings. The van der Waals surface area contributed by atoms with Crippen molar-refractivity contribution in [1.29, 1.82) is 0 Å². The van der Waals surface area contributed by atoms with Gasteiger partial charge in [0.15, 0.2) is 0 Å². The molecule has 4 rings (SSSR count). The van der Waals surface area contributed by atoms with E-state index in [0.717, 1.165) is 75.3 Å². The van der Waals surface area contributed by atoms with Gasteiger partial charge in [0.2, 0.25) is 0 Å². The lowest BCUT2D eigenvalue weighted by Crippen LogP contribution is -2.19. The number of hydrogen-bond acceptors (Lipinski definition) is 4. The van der Waals surface area contributed by atoms with Gasteiger partial charge < -0.3 is 20.4 Å². The fourth-order valence-electron chi connectivity index (χ4n) is 7.79. The van der Waals surface area contributed by atoms with Crippen molar-refractivity contribution in [2.45, 2.75) is 192 Å². The molecule has 4 N–H and O–H groups in total. The van der Waals surface area contributed by atoms with Gasteiger partial charge in [0.25, 0.3) is 0 Å².